The topological polar surface area (TPSA) is 154 Å². The summed E-state index contributed by atoms with van der Waals surface area (Å²) in [6.07, 6.45) is 0. The van der Waals surface area contributed by atoms with Gasteiger partial charge in [-0.05, 0) is 30.3 Å². The molecule has 11 heteroatoms. The normalized spacial score (nSPS) is 10.8. The Morgan fingerprint density at radius 3 is 2.28 bits per heavy atom. The van der Waals surface area contributed by atoms with Gasteiger partial charge in [0, 0.05) is 23.5 Å². The van der Waals surface area contributed by atoms with E-state index in [2.05, 4.69) is 10.0 Å². The Morgan fingerprint density at radius 2 is 1.76 bits per heavy atom. The van der Waals surface area contributed by atoms with Gasteiger partial charge < -0.3 is 15.8 Å². The summed E-state index contributed by atoms with van der Waals surface area (Å²) < 4.78 is 32.3. The lowest BCUT2D eigenvalue weighted by Crippen LogP contribution is -2.19. The van der Waals surface area contributed by atoms with Gasteiger partial charge in [0.05, 0.1) is 12.0 Å². The molecule has 0 aromatic heterocycles. The molecular weight excluding hydrogens is 352 g/mol. The molecule has 0 bridgehead atoms. The molecule has 2 aromatic carbocycles. The number of benzene rings is 2. The van der Waals surface area contributed by atoms with Crippen molar-refractivity contribution in [1.29, 1.82) is 0 Å². The van der Waals surface area contributed by atoms with Crippen LogP contribution in [0.4, 0.5) is 21.9 Å². The Morgan fingerprint density at radius 1 is 1.16 bits per heavy atom. The predicted molar refractivity (Wildman–Crippen MR) is 90.1 cm³/mol. The summed E-state index contributed by atoms with van der Waals surface area (Å²) in [5.74, 6) is -0.0369. The van der Waals surface area contributed by atoms with Crippen LogP contribution in [0.1, 0.15) is 0 Å². The van der Waals surface area contributed by atoms with Crippen LogP contribution in [0, 0.1) is 10.1 Å². The summed E-state index contributed by atoms with van der Waals surface area (Å²) in [4.78, 5) is 20.5. The average Bonchev–Trinajstić information content (AvgIpc) is 2.55. The summed E-state index contributed by atoms with van der Waals surface area (Å²) in [5, 5.41) is 13.2. The molecule has 0 fully saturated rings. The first kappa shape index (κ1) is 18.0. The quantitative estimate of drug-likeness (QED) is 0.524. The fourth-order valence-electron chi connectivity index (χ4n) is 1.96. The molecule has 0 heterocycles. The van der Waals surface area contributed by atoms with Crippen LogP contribution in [-0.2, 0) is 10.0 Å². The average molecular weight is 366 g/mol. The molecule has 0 aliphatic carbocycles. The maximum atomic E-state index is 12.5. The van der Waals surface area contributed by atoms with E-state index in [0.717, 1.165) is 12.1 Å². The van der Waals surface area contributed by atoms with Gasteiger partial charge >= 0.3 is 6.03 Å². The molecule has 0 spiro atoms. The molecule has 0 aliphatic heterocycles. The number of anilines is 2. The predicted octanol–water partition coefficient (Wildman–Crippen LogP) is 1.89. The van der Waals surface area contributed by atoms with Gasteiger partial charge in [-0.2, -0.15) is 0 Å². The molecule has 2 aromatic rings. The number of primary amides is 1. The largest absolute Gasteiger partial charge is 0.495 e. The Labute approximate surface area is 142 Å². The molecule has 0 aliphatic rings. The van der Waals surface area contributed by atoms with Crippen LogP contribution in [0.15, 0.2) is 47.4 Å². The third-order valence-corrected chi connectivity index (χ3v) is 4.45. The van der Waals surface area contributed by atoms with Gasteiger partial charge in [-0.25, -0.2) is 13.2 Å². The number of nitrogens with one attached hydrogen (secondary N) is 2. The Bertz CT molecular complexity index is 911. The van der Waals surface area contributed by atoms with E-state index in [1.165, 1.54) is 37.4 Å². The van der Waals surface area contributed by atoms with E-state index in [4.69, 9.17) is 10.5 Å². The van der Waals surface area contributed by atoms with Crippen molar-refractivity contribution in [2.24, 2.45) is 5.73 Å². The van der Waals surface area contributed by atoms with Gasteiger partial charge in [0.2, 0.25) is 0 Å². The molecule has 0 atom stereocenters. The van der Waals surface area contributed by atoms with Crippen molar-refractivity contribution in [2.75, 3.05) is 17.1 Å². The van der Waals surface area contributed by atoms with Gasteiger partial charge in [0.15, 0.2) is 0 Å². The number of nitro groups is 1. The third kappa shape index (κ3) is 4.35. The van der Waals surface area contributed by atoms with Gasteiger partial charge in [-0.3, -0.25) is 14.8 Å². The van der Waals surface area contributed by atoms with Crippen LogP contribution in [0.5, 0.6) is 5.75 Å². The number of hydrogen-bond donors (Lipinski definition) is 3. The number of ether oxygens (including phenoxy) is 1. The minimum atomic E-state index is -4.14. The number of nitrogens with zero attached hydrogens (tertiary/aromatic N) is 1. The SMILES string of the molecule is COc1ccc([N+](=O)[O-])cc1S(=O)(=O)Nc1ccc(NC(N)=O)cc1. The van der Waals surface area contributed by atoms with Crippen LogP contribution in [-0.4, -0.2) is 26.5 Å². The molecule has 0 saturated heterocycles. The first-order chi connectivity index (χ1) is 11.7. The number of hydrogen-bond acceptors (Lipinski definition) is 6. The molecule has 0 unspecified atom stereocenters. The zero-order valence-electron chi connectivity index (χ0n) is 12.9. The van der Waals surface area contributed by atoms with Crippen LogP contribution in [0.3, 0.4) is 0 Å². The smallest absolute Gasteiger partial charge is 0.316 e. The Balaban J connectivity index is 2.34. The minimum Gasteiger partial charge on any atom is -0.495 e. The summed E-state index contributed by atoms with van der Waals surface area (Å²) >= 11 is 0. The van der Waals surface area contributed by atoms with Crippen LogP contribution < -0.4 is 20.5 Å². The number of carbonyl (C=O) groups is 1. The Hall–Kier alpha value is -3.34. The van der Waals surface area contributed by atoms with Crippen LogP contribution in [0.25, 0.3) is 0 Å². The first-order valence-electron chi connectivity index (χ1n) is 6.74. The fraction of sp³-hybridized carbons (Fsp3) is 0.0714. The number of amides is 2. The lowest BCUT2D eigenvalue weighted by Gasteiger charge is -2.12. The lowest BCUT2D eigenvalue weighted by molar-refractivity contribution is -0.385. The number of carbonyl (C=O) groups excluding carboxylic acids is 1. The van der Waals surface area contributed by atoms with E-state index in [1.54, 1.807) is 0 Å². The van der Waals surface area contributed by atoms with Crippen LogP contribution >= 0.6 is 0 Å². The molecule has 2 amide bonds. The number of urea groups is 1. The second kappa shape index (κ2) is 7.05. The number of sulfonamides is 1. The summed E-state index contributed by atoms with van der Waals surface area (Å²) in [6.45, 7) is 0. The van der Waals surface area contributed by atoms with E-state index < -0.39 is 21.0 Å². The van der Waals surface area contributed by atoms with Crippen molar-refractivity contribution >= 4 is 33.1 Å². The Kier molecular flexibility index (Phi) is 5.08. The van der Waals surface area contributed by atoms with Crippen LogP contribution in [0.2, 0.25) is 0 Å². The highest BCUT2D eigenvalue weighted by Gasteiger charge is 2.23. The second-order valence-electron chi connectivity index (χ2n) is 4.76. The molecule has 10 nitrogen and oxygen atoms in total. The molecule has 132 valence electrons. The summed E-state index contributed by atoms with van der Waals surface area (Å²) in [5.41, 5.74) is 5.16. The van der Waals surface area contributed by atoms with Crippen molar-refractivity contribution < 1.29 is 22.9 Å². The highest BCUT2D eigenvalue weighted by atomic mass is 32.2. The number of non-ortho nitro benzene ring substituents is 1. The van der Waals surface area contributed by atoms with Gasteiger partial charge in [-0.1, -0.05) is 0 Å². The molecule has 0 radical (unpaired) electrons. The monoisotopic (exact) mass is 366 g/mol. The highest BCUT2D eigenvalue weighted by molar-refractivity contribution is 7.92. The lowest BCUT2D eigenvalue weighted by atomic mass is 10.3. The maximum Gasteiger partial charge on any atom is 0.316 e. The number of nitro benzene ring substituents is 1. The number of rotatable bonds is 6. The molecular formula is C14H14N4O6S. The molecule has 2 rings (SSSR count). The van der Waals surface area contributed by atoms with Crippen molar-refractivity contribution in [3.05, 3.63) is 52.6 Å². The summed E-state index contributed by atoms with van der Waals surface area (Å²) in [7, 11) is -2.89. The van der Waals surface area contributed by atoms with Gasteiger partial charge in [0.25, 0.3) is 15.7 Å². The highest BCUT2D eigenvalue weighted by Crippen LogP contribution is 2.29. The fourth-order valence-corrected chi connectivity index (χ4v) is 3.21. The van der Waals surface area contributed by atoms with Crippen molar-refractivity contribution in [3.63, 3.8) is 0 Å². The zero-order valence-corrected chi connectivity index (χ0v) is 13.7. The van der Waals surface area contributed by atoms with Gasteiger partial charge in [0.1, 0.15) is 10.6 Å². The van der Waals surface area contributed by atoms with E-state index in [1.807, 2.05) is 0 Å². The number of nitrogens with two attached hydrogens (primary N) is 1. The summed E-state index contributed by atoms with van der Waals surface area (Å²) in [6, 6.07) is 8.16. The zero-order chi connectivity index (χ0) is 18.6. The second-order valence-corrected chi connectivity index (χ2v) is 6.42. The molecule has 4 N–H and O–H groups in total. The van der Waals surface area contributed by atoms with E-state index in [0.29, 0.717) is 5.69 Å². The van der Waals surface area contributed by atoms with Crippen molar-refractivity contribution in [3.8, 4) is 5.75 Å². The molecule has 0 saturated carbocycles. The molecule has 25 heavy (non-hydrogen) atoms. The first-order valence-corrected chi connectivity index (χ1v) is 8.23. The van der Waals surface area contributed by atoms with E-state index in [9.17, 15) is 23.3 Å². The minimum absolute atomic E-state index is 0.0369. The third-order valence-electron chi connectivity index (χ3n) is 3.05. The maximum absolute atomic E-state index is 12.5. The van der Waals surface area contributed by atoms with E-state index >= 15 is 0 Å². The number of methoxy groups -OCH3 is 1. The standard InChI is InChI=1S/C14H14N4O6S/c1-24-12-7-6-11(18(20)21)8-13(12)25(22,23)17-10-4-2-9(3-5-10)16-14(15)19/h2-8,17H,1H3,(H3,15,16,19). The van der Waals surface area contributed by atoms with E-state index in [-0.39, 0.29) is 22.0 Å². The van der Waals surface area contributed by atoms with Gasteiger partial charge in [-0.15, -0.1) is 0 Å². The van der Waals surface area contributed by atoms with Crippen molar-refractivity contribution in [2.45, 2.75) is 4.90 Å². The van der Waals surface area contributed by atoms with Crippen molar-refractivity contribution in [1.82, 2.24) is 0 Å².